The maximum atomic E-state index is 13.6. The van der Waals surface area contributed by atoms with E-state index in [1.54, 1.807) is 12.1 Å². The molecule has 0 spiro atoms. The van der Waals surface area contributed by atoms with Crippen LogP contribution in [0.4, 0.5) is 4.39 Å². The van der Waals surface area contributed by atoms with Crippen molar-refractivity contribution in [2.24, 2.45) is 0 Å². The Balaban J connectivity index is 2.48. The molecule has 1 rings (SSSR count). The normalized spacial score (nSPS) is 11.2. The zero-order chi connectivity index (χ0) is 13.4. The molecular weight excluding hydrogens is 257 g/mol. The van der Waals surface area contributed by atoms with Gasteiger partial charge in [0.15, 0.2) is 0 Å². The lowest BCUT2D eigenvalue weighted by atomic mass is 10.2. The molecule has 0 fully saturated rings. The Kier molecular flexibility index (Phi) is 7.20. The smallest absolute Gasteiger partial charge is 0.127 e. The minimum Gasteiger partial charge on any atom is -0.394 e. The van der Waals surface area contributed by atoms with E-state index in [-0.39, 0.29) is 12.4 Å². The molecule has 0 aliphatic heterocycles. The molecule has 1 aromatic carbocycles. The summed E-state index contributed by atoms with van der Waals surface area (Å²) in [7, 11) is 0. The van der Waals surface area contributed by atoms with Crippen molar-refractivity contribution < 1.29 is 14.2 Å². The van der Waals surface area contributed by atoms with Crippen molar-refractivity contribution in [2.75, 3.05) is 32.9 Å². The second kappa shape index (κ2) is 8.43. The zero-order valence-corrected chi connectivity index (χ0v) is 11.3. The van der Waals surface area contributed by atoms with Crippen LogP contribution in [0.5, 0.6) is 0 Å². The summed E-state index contributed by atoms with van der Waals surface area (Å²) in [5.41, 5.74) is 0.589. The van der Waals surface area contributed by atoms with Gasteiger partial charge in [-0.25, -0.2) is 4.39 Å². The van der Waals surface area contributed by atoms with Gasteiger partial charge in [-0.1, -0.05) is 18.5 Å². The predicted molar refractivity (Wildman–Crippen MR) is 70.3 cm³/mol. The third-order valence-corrected chi connectivity index (χ3v) is 2.87. The monoisotopic (exact) mass is 275 g/mol. The van der Waals surface area contributed by atoms with E-state index < -0.39 is 0 Å². The maximum Gasteiger partial charge on any atom is 0.127 e. The lowest BCUT2D eigenvalue weighted by Crippen LogP contribution is -2.27. The van der Waals surface area contributed by atoms with Crippen LogP contribution in [-0.4, -0.2) is 42.9 Å². The van der Waals surface area contributed by atoms with Crippen molar-refractivity contribution in [1.82, 2.24) is 4.90 Å². The van der Waals surface area contributed by atoms with E-state index in [9.17, 15) is 4.39 Å². The molecule has 0 amide bonds. The Hall–Kier alpha value is -0.680. The van der Waals surface area contributed by atoms with Gasteiger partial charge in [-0.2, -0.15) is 0 Å². The summed E-state index contributed by atoms with van der Waals surface area (Å²) in [6.45, 7) is 4.89. The second-order valence-corrected chi connectivity index (χ2v) is 4.38. The van der Waals surface area contributed by atoms with Crippen LogP contribution < -0.4 is 0 Å². The fourth-order valence-corrected chi connectivity index (χ4v) is 1.81. The van der Waals surface area contributed by atoms with Crippen molar-refractivity contribution in [1.29, 1.82) is 0 Å². The number of ether oxygens (including phenoxy) is 1. The highest BCUT2D eigenvalue weighted by Gasteiger charge is 2.08. The van der Waals surface area contributed by atoms with Gasteiger partial charge in [0.05, 0.1) is 19.8 Å². The molecule has 1 aromatic rings. The minimum absolute atomic E-state index is 0.0229. The van der Waals surface area contributed by atoms with Gasteiger partial charge in [0.2, 0.25) is 0 Å². The molecule has 102 valence electrons. The molecule has 18 heavy (non-hydrogen) atoms. The van der Waals surface area contributed by atoms with Crippen molar-refractivity contribution in [3.8, 4) is 0 Å². The Morgan fingerprint density at radius 3 is 2.83 bits per heavy atom. The highest BCUT2D eigenvalue weighted by atomic mass is 35.5. The topological polar surface area (TPSA) is 32.7 Å². The largest absolute Gasteiger partial charge is 0.394 e. The molecule has 0 atom stereocenters. The van der Waals surface area contributed by atoms with E-state index in [1.165, 1.54) is 6.07 Å². The first kappa shape index (κ1) is 15.4. The molecule has 0 aliphatic carbocycles. The molecule has 0 aromatic heterocycles. The lowest BCUT2D eigenvalue weighted by molar-refractivity contribution is 0.0730. The van der Waals surface area contributed by atoms with Gasteiger partial charge in [-0.3, -0.25) is 4.90 Å². The van der Waals surface area contributed by atoms with Crippen LogP contribution in [0.3, 0.4) is 0 Å². The van der Waals surface area contributed by atoms with E-state index in [0.717, 1.165) is 6.54 Å². The Labute approximate surface area is 112 Å². The van der Waals surface area contributed by atoms with E-state index in [0.29, 0.717) is 36.9 Å². The standard InChI is InChI=1S/C13H19ClFNO2/c1-2-16(5-7-18-8-6-17)10-11-9-12(14)3-4-13(11)15/h3-4,9,17H,2,5-8,10H2,1H3. The fraction of sp³-hybridized carbons (Fsp3) is 0.538. The van der Waals surface area contributed by atoms with Gasteiger partial charge in [-0.15, -0.1) is 0 Å². The third-order valence-electron chi connectivity index (χ3n) is 2.64. The minimum atomic E-state index is -0.242. The number of halogens is 2. The summed E-state index contributed by atoms with van der Waals surface area (Å²) in [4.78, 5) is 2.06. The quantitative estimate of drug-likeness (QED) is 0.739. The first-order chi connectivity index (χ1) is 8.67. The Bertz CT molecular complexity index is 363. The van der Waals surface area contributed by atoms with Crippen LogP contribution >= 0.6 is 11.6 Å². The van der Waals surface area contributed by atoms with Crippen molar-refractivity contribution >= 4 is 11.6 Å². The zero-order valence-electron chi connectivity index (χ0n) is 10.5. The van der Waals surface area contributed by atoms with E-state index in [4.69, 9.17) is 21.4 Å². The number of aliphatic hydroxyl groups excluding tert-OH is 1. The van der Waals surface area contributed by atoms with Crippen LogP contribution in [-0.2, 0) is 11.3 Å². The first-order valence-electron chi connectivity index (χ1n) is 6.02. The molecule has 0 saturated heterocycles. The molecule has 0 saturated carbocycles. The first-order valence-corrected chi connectivity index (χ1v) is 6.40. The number of benzene rings is 1. The molecule has 3 nitrogen and oxygen atoms in total. The highest BCUT2D eigenvalue weighted by molar-refractivity contribution is 6.30. The number of likely N-dealkylation sites (N-methyl/N-ethyl adjacent to an activating group) is 1. The van der Waals surface area contributed by atoms with Gasteiger partial charge in [0, 0.05) is 23.7 Å². The average Bonchev–Trinajstić information content (AvgIpc) is 2.37. The molecule has 0 radical (unpaired) electrons. The molecule has 0 unspecified atom stereocenters. The van der Waals surface area contributed by atoms with E-state index >= 15 is 0 Å². The van der Waals surface area contributed by atoms with Crippen molar-refractivity contribution in [2.45, 2.75) is 13.5 Å². The molecule has 0 aliphatic rings. The van der Waals surface area contributed by atoms with Crippen LogP contribution in [0.2, 0.25) is 5.02 Å². The second-order valence-electron chi connectivity index (χ2n) is 3.94. The van der Waals surface area contributed by atoms with Crippen molar-refractivity contribution in [3.63, 3.8) is 0 Å². The Morgan fingerprint density at radius 2 is 2.17 bits per heavy atom. The average molecular weight is 276 g/mol. The number of nitrogens with zero attached hydrogens (tertiary/aromatic N) is 1. The summed E-state index contributed by atoms with van der Waals surface area (Å²) in [5, 5.41) is 9.13. The highest BCUT2D eigenvalue weighted by Crippen LogP contribution is 2.16. The number of aliphatic hydroxyl groups is 1. The van der Waals surface area contributed by atoms with Gasteiger partial charge in [-0.05, 0) is 24.7 Å². The van der Waals surface area contributed by atoms with Gasteiger partial charge >= 0.3 is 0 Å². The van der Waals surface area contributed by atoms with E-state index in [2.05, 4.69) is 4.90 Å². The Morgan fingerprint density at radius 1 is 1.39 bits per heavy atom. The summed E-state index contributed by atoms with van der Waals surface area (Å²) >= 11 is 5.85. The molecule has 0 bridgehead atoms. The predicted octanol–water partition coefficient (Wildman–Crippen LogP) is 2.31. The summed E-state index contributed by atoms with van der Waals surface area (Å²) in [5.74, 6) is -0.242. The van der Waals surface area contributed by atoms with Gasteiger partial charge in [0.25, 0.3) is 0 Å². The number of rotatable bonds is 8. The fourth-order valence-electron chi connectivity index (χ4n) is 1.61. The molecule has 1 N–H and O–H groups in total. The molecule has 0 heterocycles. The third kappa shape index (κ3) is 5.31. The van der Waals surface area contributed by atoms with Crippen LogP contribution in [0.15, 0.2) is 18.2 Å². The summed E-state index contributed by atoms with van der Waals surface area (Å²) < 4.78 is 18.8. The van der Waals surface area contributed by atoms with Crippen LogP contribution in [0.25, 0.3) is 0 Å². The summed E-state index contributed by atoms with van der Waals surface area (Å²) in [6.07, 6.45) is 0. The number of hydrogen-bond donors (Lipinski definition) is 1. The maximum absolute atomic E-state index is 13.6. The number of hydrogen-bond acceptors (Lipinski definition) is 3. The molecular formula is C13H19ClFNO2. The van der Waals surface area contributed by atoms with Crippen LogP contribution in [0.1, 0.15) is 12.5 Å². The van der Waals surface area contributed by atoms with E-state index in [1.807, 2.05) is 6.92 Å². The van der Waals surface area contributed by atoms with Crippen molar-refractivity contribution in [3.05, 3.63) is 34.6 Å². The SMILES string of the molecule is CCN(CCOCCO)Cc1cc(Cl)ccc1F. The summed E-state index contributed by atoms with van der Waals surface area (Å²) in [6, 6.07) is 4.57. The molecule has 5 heteroatoms. The van der Waals surface area contributed by atoms with Crippen LogP contribution in [0, 0.1) is 5.82 Å². The van der Waals surface area contributed by atoms with Gasteiger partial charge < -0.3 is 9.84 Å². The van der Waals surface area contributed by atoms with Gasteiger partial charge in [0.1, 0.15) is 5.82 Å². The lowest BCUT2D eigenvalue weighted by Gasteiger charge is -2.20.